The number of nitrogens with two attached hydrogens (primary N) is 1. The molecular formula is C21H18ClN3O3. The first kappa shape index (κ1) is 19.4. The van der Waals surface area contributed by atoms with Crippen molar-refractivity contribution in [3.05, 3.63) is 76.3 Å². The van der Waals surface area contributed by atoms with Crippen LogP contribution in [0.4, 0.5) is 11.6 Å². The number of ether oxygens (including phenoxy) is 1. The van der Waals surface area contributed by atoms with Gasteiger partial charge < -0.3 is 15.8 Å². The number of rotatable bonds is 4. The van der Waals surface area contributed by atoms with E-state index in [1.807, 2.05) is 19.1 Å². The van der Waals surface area contributed by atoms with E-state index in [1.165, 1.54) is 7.11 Å². The Bertz CT molecular complexity index is 1050. The Morgan fingerprint density at radius 3 is 2.32 bits per heavy atom. The second kappa shape index (κ2) is 8.10. The zero-order chi connectivity index (χ0) is 20.3. The number of hydrogen-bond acceptors (Lipinski definition) is 5. The van der Waals surface area contributed by atoms with Crippen molar-refractivity contribution in [1.29, 1.82) is 0 Å². The largest absolute Gasteiger partial charge is 0.465 e. The minimum absolute atomic E-state index is 0.172. The second-order valence-electron chi connectivity index (χ2n) is 6.14. The van der Waals surface area contributed by atoms with Crippen molar-refractivity contribution in [2.24, 2.45) is 0 Å². The predicted octanol–water partition coefficient (Wildman–Crippen LogP) is 4.33. The van der Waals surface area contributed by atoms with Gasteiger partial charge in [-0.1, -0.05) is 29.3 Å². The zero-order valence-corrected chi connectivity index (χ0v) is 16.1. The normalized spacial score (nSPS) is 10.4. The lowest BCUT2D eigenvalue weighted by Gasteiger charge is -2.11. The summed E-state index contributed by atoms with van der Waals surface area (Å²) in [5.74, 6) is -0.283. The molecule has 28 heavy (non-hydrogen) atoms. The quantitative estimate of drug-likeness (QED) is 0.641. The Morgan fingerprint density at radius 1 is 1.00 bits per heavy atom. The number of anilines is 2. The van der Waals surface area contributed by atoms with Crippen LogP contribution in [-0.2, 0) is 4.74 Å². The summed E-state index contributed by atoms with van der Waals surface area (Å²) in [6, 6.07) is 15.3. The predicted molar refractivity (Wildman–Crippen MR) is 110 cm³/mol. The maximum Gasteiger partial charge on any atom is 0.337 e. The first-order valence-electron chi connectivity index (χ1n) is 8.42. The molecule has 0 unspecified atom stereocenters. The Balaban J connectivity index is 1.88. The van der Waals surface area contributed by atoms with Crippen LogP contribution >= 0.6 is 11.6 Å². The molecule has 3 rings (SSSR count). The zero-order valence-electron chi connectivity index (χ0n) is 15.3. The average Bonchev–Trinajstić information content (AvgIpc) is 2.68. The molecular weight excluding hydrogens is 378 g/mol. The number of aryl methyl sites for hydroxylation is 1. The van der Waals surface area contributed by atoms with E-state index >= 15 is 0 Å². The number of hydrogen-bond donors (Lipinski definition) is 2. The molecule has 3 aromatic rings. The van der Waals surface area contributed by atoms with E-state index in [2.05, 4.69) is 10.3 Å². The Labute approximate surface area is 167 Å². The van der Waals surface area contributed by atoms with E-state index in [-0.39, 0.29) is 11.7 Å². The van der Waals surface area contributed by atoms with Crippen molar-refractivity contribution >= 4 is 35.1 Å². The van der Waals surface area contributed by atoms with Crippen molar-refractivity contribution < 1.29 is 14.3 Å². The van der Waals surface area contributed by atoms with E-state index in [0.717, 1.165) is 5.56 Å². The number of aromatic nitrogens is 1. The van der Waals surface area contributed by atoms with Gasteiger partial charge in [-0.15, -0.1) is 0 Å². The average molecular weight is 396 g/mol. The minimum atomic E-state index is -0.480. The first-order valence-corrected chi connectivity index (χ1v) is 8.79. The number of nitrogens with zero attached hydrogens (tertiary/aromatic N) is 1. The molecule has 0 aliphatic carbocycles. The summed E-state index contributed by atoms with van der Waals surface area (Å²) >= 11 is 6.26. The number of amides is 1. The van der Waals surface area contributed by atoms with Gasteiger partial charge in [0.05, 0.1) is 12.7 Å². The summed E-state index contributed by atoms with van der Waals surface area (Å²) in [5.41, 5.74) is 9.10. The summed E-state index contributed by atoms with van der Waals surface area (Å²) in [4.78, 5) is 28.3. The van der Waals surface area contributed by atoms with Crippen LogP contribution in [-0.4, -0.2) is 24.0 Å². The lowest BCUT2D eigenvalue weighted by Crippen LogP contribution is -2.13. The highest BCUT2D eigenvalue weighted by molar-refractivity contribution is 6.33. The first-order chi connectivity index (χ1) is 13.4. The number of carbonyl (C=O) groups is 2. The van der Waals surface area contributed by atoms with Crippen molar-refractivity contribution in [1.82, 2.24) is 4.98 Å². The highest BCUT2D eigenvalue weighted by Crippen LogP contribution is 2.33. The molecule has 0 atom stereocenters. The third-order valence-electron chi connectivity index (χ3n) is 4.16. The molecule has 7 heteroatoms. The number of esters is 1. The molecule has 0 spiro atoms. The van der Waals surface area contributed by atoms with Gasteiger partial charge in [-0.2, -0.15) is 0 Å². The summed E-state index contributed by atoms with van der Waals surface area (Å²) in [6.07, 6.45) is 0. The van der Waals surface area contributed by atoms with Crippen LogP contribution in [0.5, 0.6) is 0 Å². The Morgan fingerprint density at radius 2 is 1.68 bits per heavy atom. The highest BCUT2D eigenvalue weighted by atomic mass is 35.5. The molecule has 1 heterocycles. The molecule has 0 saturated carbocycles. The lowest BCUT2D eigenvalue weighted by atomic mass is 10.0. The molecule has 6 nitrogen and oxygen atoms in total. The van der Waals surface area contributed by atoms with Gasteiger partial charge in [0.2, 0.25) is 0 Å². The lowest BCUT2D eigenvalue weighted by molar-refractivity contribution is 0.0600. The second-order valence-corrected chi connectivity index (χ2v) is 6.54. The summed E-state index contributed by atoms with van der Waals surface area (Å²) in [6.45, 7) is 1.95. The molecule has 142 valence electrons. The van der Waals surface area contributed by atoms with Gasteiger partial charge in [0.1, 0.15) is 11.6 Å². The number of pyridine rings is 1. The van der Waals surface area contributed by atoms with Crippen molar-refractivity contribution in [3.8, 4) is 11.1 Å². The van der Waals surface area contributed by atoms with Crippen LogP contribution in [0.25, 0.3) is 11.1 Å². The number of nitrogens with one attached hydrogen (secondary N) is 1. The van der Waals surface area contributed by atoms with Crippen LogP contribution in [0, 0.1) is 6.92 Å². The van der Waals surface area contributed by atoms with Crippen LogP contribution in [0.1, 0.15) is 26.3 Å². The van der Waals surface area contributed by atoms with Gasteiger partial charge in [-0.05, 0) is 49.4 Å². The van der Waals surface area contributed by atoms with Gasteiger partial charge in [-0.25, -0.2) is 9.78 Å². The van der Waals surface area contributed by atoms with E-state index in [9.17, 15) is 9.59 Å². The van der Waals surface area contributed by atoms with Crippen LogP contribution in [0.15, 0.2) is 54.6 Å². The van der Waals surface area contributed by atoms with Crippen molar-refractivity contribution in [2.45, 2.75) is 6.92 Å². The summed E-state index contributed by atoms with van der Waals surface area (Å²) in [5, 5.41) is 3.13. The Hall–Kier alpha value is -3.38. The topological polar surface area (TPSA) is 94.3 Å². The monoisotopic (exact) mass is 395 g/mol. The maximum absolute atomic E-state index is 12.3. The highest BCUT2D eigenvalue weighted by Gasteiger charge is 2.14. The van der Waals surface area contributed by atoms with Crippen LogP contribution < -0.4 is 11.1 Å². The van der Waals surface area contributed by atoms with Gasteiger partial charge in [0.15, 0.2) is 0 Å². The summed E-state index contributed by atoms with van der Waals surface area (Å²) in [7, 11) is 1.30. The number of nitrogen functional groups attached to an aromatic ring is 1. The van der Waals surface area contributed by atoms with E-state index in [0.29, 0.717) is 33.1 Å². The molecule has 0 saturated heterocycles. The number of halogens is 1. The SMILES string of the molecule is COC(=O)c1ccc(Cl)c(-c2ccc(NC(=O)c3ccc(C)cc3)nc2N)c1. The Kier molecular flexibility index (Phi) is 5.61. The minimum Gasteiger partial charge on any atom is -0.465 e. The van der Waals surface area contributed by atoms with Crippen molar-refractivity contribution in [2.75, 3.05) is 18.2 Å². The van der Waals surface area contributed by atoms with Crippen LogP contribution in [0.2, 0.25) is 5.02 Å². The van der Waals surface area contributed by atoms with Gasteiger partial charge in [0, 0.05) is 21.7 Å². The van der Waals surface area contributed by atoms with Gasteiger partial charge in [0.25, 0.3) is 5.91 Å². The number of methoxy groups -OCH3 is 1. The molecule has 0 aliphatic heterocycles. The number of carbonyl (C=O) groups excluding carboxylic acids is 2. The molecule has 0 aliphatic rings. The third-order valence-corrected chi connectivity index (χ3v) is 4.49. The van der Waals surface area contributed by atoms with E-state index in [4.69, 9.17) is 22.1 Å². The fourth-order valence-electron chi connectivity index (χ4n) is 2.64. The molecule has 0 fully saturated rings. The molecule has 1 amide bonds. The molecule has 0 bridgehead atoms. The standard InChI is InChI=1S/C21H18ClN3O3/c1-12-3-5-13(6-4-12)20(26)25-18-10-8-15(19(23)24-18)16-11-14(21(27)28-2)7-9-17(16)22/h3-11H,1-2H3,(H3,23,24,25,26). The van der Waals surface area contributed by atoms with Crippen molar-refractivity contribution in [3.63, 3.8) is 0 Å². The maximum atomic E-state index is 12.3. The smallest absolute Gasteiger partial charge is 0.337 e. The summed E-state index contributed by atoms with van der Waals surface area (Å²) < 4.78 is 4.73. The third kappa shape index (κ3) is 4.13. The van der Waals surface area contributed by atoms with Crippen LogP contribution in [0.3, 0.4) is 0 Å². The van der Waals surface area contributed by atoms with E-state index in [1.54, 1.807) is 42.5 Å². The fraction of sp³-hybridized carbons (Fsp3) is 0.0952. The molecule has 3 N–H and O–H groups in total. The van der Waals surface area contributed by atoms with Gasteiger partial charge >= 0.3 is 5.97 Å². The molecule has 2 aromatic carbocycles. The number of benzene rings is 2. The van der Waals surface area contributed by atoms with E-state index < -0.39 is 5.97 Å². The van der Waals surface area contributed by atoms with Gasteiger partial charge in [-0.3, -0.25) is 4.79 Å². The molecule has 0 radical (unpaired) electrons. The fourth-order valence-corrected chi connectivity index (χ4v) is 2.86. The molecule has 1 aromatic heterocycles.